The Morgan fingerprint density at radius 2 is 2.19 bits per heavy atom. The molecule has 2 aliphatic rings. The Labute approximate surface area is 157 Å². The first-order valence-corrected chi connectivity index (χ1v) is 9.28. The fraction of sp³-hybridized carbons (Fsp3) is 0.450. The number of likely N-dealkylation sites (tertiary alicyclic amines) is 1. The van der Waals surface area contributed by atoms with Crippen molar-refractivity contribution in [1.82, 2.24) is 15.2 Å². The molecule has 0 aliphatic carbocycles. The molecule has 2 aliphatic heterocycles. The third-order valence-corrected chi connectivity index (χ3v) is 5.26. The molecule has 2 fully saturated rings. The van der Waals surface area contributed by atoms with Crippen LogP contribution in [-0.2, 0) is 16.1 Å². The molecule has 0 spiro atoms. The van der Waals surface area contributed by atoms with Crippen LogP contribution in [0.15, 0.2) is 40.9 Å². The van der Waals surface area contributed by atoms with Crippen LogP contribution in [0.25, 0.3) is 0 Å². The summed E-state index contributed by atoms with van der Waals surface area (Å²) in [6.45, 7) is 3.16. The van der Waals surface area contributed by atoms with Crippen molar-refractivity contribution >= 4 is 11.8 Å². The van der Waals surface area contributed by atoms with Gasteiger partial charge in [-0.15, -0.1) is 0 Å². The van der Waals surface area contributed by atoms with Gasteiger partial charge in [0.1, 0.15) is 5.76 Å². The maximum atomic E-state index is 12.9. The first kappa shape index (κ1) is 17.7. The summed E-state index contributed by atoms with van der Waals surface area (Å²) in [4.78, 5) is 31.6. The number of furan rings is 1. The second kappa shape index (κ2) is 7.52. The van der Waals surface area contributed by atoms with E-state index in [1.54, 1.807) is 23.2 Å². The minimum atomic E-state index is -0.312. The summed E-state index contributed by atoms with van der Waals surface area (Å²) in [7, 11) is 0. The summed E-state index contributed by atoms with van der Waals surface area (Å²) >= 11 is 0. The van der Waals surface area contributed by atoms with Gasteiger partial charge in [-0.2, -0.15) is 0 Å². The number of fused-ring (bicyclic) bond motifs is 1. The van der Waals surface area contributed by atoms with E-state index in [4.69, 9.17) is 9.15 Å². The molecule has 142 valence electrons. The highest BCUT2D eigenvalue weighted by atomic mass is 16.5. The Morgan fingerprint density at radius 1 is 1.30 bits per heavy atom. The lowest BCUT2D eigenvalue weighted by molar-refractivity contribution is -0.128. The van der Waals surface area contributed by atoms with E-state index in [1.807, 2.05) is 25.1 Å². The number of nitrogens with one attached hydrogen (secondary N) is 1. The van der Waals surface area contributed by atoms with Gasteiger partial charge in [-0.3, -0.25) is 14.6 Å². The summed E-state index contributed by atoms with van der Waals surface area (Å²) in [6, 6.07) is 9.06. The van der Waals surface area contributed by atoms with Crippen molar-refractivity contribution in [3.63, 3.8) is 0 Å². The lowest BCUT2D eigenvalue weighted by atomic mass is 9.89. The molecule has 1 N–H and O–H groups in total. The van der Waals surface area contributed by atoms with Crippen LogP contribution in [0.1, 0.15) is 34.9 Å². The van der Waals surface area contributed by atoms with E-state index in [9.17, 15) is 9.59 Å². The zero-order valence-electron chi connectivity index (χ0n) is 15.3. The number of nitrogens with zero attached hydrogens (tertiary/aromatic N) is 2. The Bertz CT molecular complexity index is 820. The second-order valence-corrected chi connectivity index (χ2v) is 7.10. The van der Waals surface area contributed by atoms with Gasteiger partial charge in [0.15, 0.2) is 5.76 Å². The van der Waals surface area contributed by atoms with Gasteiger partial charge in [0.25, 0.3) is 5.91 Å². The first-order chi connectivity index (χ1) is 13.1. The number of carbonyl (C=O) groups excluding carboxylic acids is 2. The van der Waals surface area contributed by atoms with Crippen LogP contribution in [0.2, 0.25) is 0 Å². The third kappa shape index (κ3) is 3.73. The molecule has 0 radical (unpaired) electrons. The summed E-state index contributed by atoms with van der Waals surface area (Å²) in [5.41, 5.74) is 0.802. The van der Waals surface area contributed by atoms with Gasteiger partial charge in [0.05, 0.1) is 30.3 Å². The zero-order chi connectivity index (χ0) is 18.8. The molecule has 0 aromatic carbocycles. The molecule has 4 rings (SSSR count). The smallest absolute Gasteiger partial charge is 0.289 e. The van der Waals surface area contributed by atoms with Gasteiger partial charge < -0.3 is 19.4 Å². The maximum absolute atomic E-state index is 12.9. The molecule has 2 aromatic rings. The molecule has 3 atom stereocenters. The van der Waals surface area contributed by atoms with Crippen molar-refractivity contribution in [3.8, 4) is 0 Å². The lowest BCUT2D eigenvalue weighted by Crippen LogP contribution is -2.54. The molecule has 0 unspecified atom stereocenters. The van der Waals surface area contributed by atoms with Gasteiger partial charge in [-0.25, -0.2) is 0 Å². The topological polar surface area (TPSA) is 84.7 Å². The second-order valence-electron chi connectivity index (χ2n) is 7.10. The summed E-state index contributed by atoms with van der Waals surface area (Å²) in [5, 5.41) is 2.93. The number of rotatable bonds is 4. The van der Waals surface area contributed by atoms with Crippen molar-refractivity contribution in [1.29, 1.82) is 0 Å². The Hall–Kier alpha value is -2.67. The molecule has 0 bridgehead atoms. The number of carbonyl (C=O) groups is 2. The van der Waals surface area contributed by atoms with E-state index < -0.39 is 0 Å². The highest BCUT2D eigenvalue weighted by molar-refractivity contribution is 5.92. The highest BCUT2D eigenvalue weighted by Crippen LogP contribution is 2.32. The maximum Gasteiger partial charge on any atom is 0.289 e. The summed E-state index contributed by atoms with van der Waals surface area (Å²) in [6.07, 6.45) is 3.01. The van der Waals surface area contributed by atoms with Gasteiger partial charge in [-0.1, -0.05) is 6.07 Å². The van der Waals surface area contributed by atoms with Crippen molar-refractivity contribution < 1.29 is 18.7 Å². The zero-order valence-corrected chi connectivity index (χ0v) is 15.3. The fourth-order valence-corrected chi connectivity index (χ4v) is 3.89. The molecule has 7 nitrogen and oxygen atoms in total. The number of hydrogen-bond acceptors (Lipinski definition) is 5. The molecule has 27 heavy (non-hydrogen) atoms. The van der Waals surface area contributed by atoms with Crippen molar-refractivity contribution in [2.75, 3.05) is 13.2 Å². The first-order valence-electron chi connectivity index (χ1n) is 9.28. The van der Waals surface area contributed by atoms with Gasteiger partial charge in [0, 0.05) is 19.3 Å². The van der Waals surface area contributed by atoms with E-state index in [1.165, 1.54) is 0 Å². The molecule has 2 aromatic heterocycles. The van der Waals surface area contributed by atoms with Gasteiger partial charge in [-0.05, 0) is 44.0 Å². The molecule has 0 saturated carbocycles. The Kier molecular flexibility index (Phi) is 4.94. The number of amides is 2. The highest BCUT2D eigenvalue weighted by Gasteiger charge is 2.44. The average Bonchev–Trinajstić information content (AvgIpc) is 3.34. The monoisotopic (exact) mass is 369 g/mol. The molecular formula is C20H23N3O4. The minimum Gasteiger partial charge on any atom is -0.456 e. The average molecular weight is 369 g/mol. The lowest BCUT2D eigenvalue weighted by Gasteiger charge is -2.39. The van der Waals surface area contributed by atoms with Crippen molar-refractivity contribution in [2.45, 2.75) is 38.5 Å². The fourth-order valence-electron chi connectivity index (χ4n) is 3.89. The number of pyridine rings is 1. The third-order valence-electron chi connectivity index (χ3n) is 5.26. The van der Waals surface area contributed by atoms with Crippen LogP contribution in [0.4, 0.5) is 0 Å². The van der Waals surface area contributed by atoms with E-state index in [-0.39, 0.29) is 29.9 Å². The number of aryl methyl sites for hydroxylation is 1. The van der Waals surface area contributed by atoms with Crippen LogP contribution in [0, 0.1) is 12.8 Å². The largest absolute Gasteiger partial charge is 0.456 e. The van der Waals surface area contributed by atoms with Crippen molar-refractivity contribution in [3.05, 3.63) is 53.7 Å². The molecule has 2 amide bonds. The van der Waals surface area contributed by atoms with Crippen molar-refractivity contribution in [2.24, 2.45) is 5.92 Å². The van der Waals surface area contributed by atoms with Gasteiger partial charge >= 0.3 is 0 Å². The number of aromatic nitrogens is 1. The summed E-state index contributed by atoms with van der Waals surface area (Å²) in [5.74, 6) is 0.439. The number of piperidine rings is 1. The summed E-state index contributed by atoms with van der Waals surface area (Å²) < 4.78 is 11.3. The Morgan fingerprint density at radius 3 is 2.93 bits per heavy atom. The molecule has 2 saturated heterocycles. The molecular weight excluding hydrogens is 346 g/mol. The minimum absolute atomic E-state index is 0.00254. The van der Waals surface area contributed by atoms with E-state index in [0.717, 1.165) is 12.1 Å². The van der Waals surface area contributed by atoms with Crippen LogP contribution >= 0.6 is 0 Å². The van der Waals surface area contributed by atoms with Crippen LogP contribution in [0.3, 0.4) is 0 Å². The Balaban J connectivity index is 1.46. The van der Waals surface area contributed by atoms with E-state index in [0.29, 0.717) is 37.6 Å². The van der Waals surface area contributed by atoms with E-state index >= 15 is 0 Å². The standard InChI is InChI=1S/C20H23N3O4/c1-13-5-6-17(27-13)20(25)23-12-14(10-18-16(23)7-9-26-18)19(24)22-11-15-4-2-3-8-21-15/h2-6,8,14,16,18H,7,9-12H2,1H3,(H,22,24)/t14-,16-,18-/m1/s1. The number of hydrogen-bond donors (Lipinski definition) is 1. The quantitative estimate of drug-likeness (QED) is 0.890. The van der Waals surface area contributed by atoms with E-state index in [2.05, 4.69) is 10.3 Å². The van der Waals surface area contributed by atoms with Crippen LogP contribution in [0.5, 0.6) is 0 Å². The predicted octanol–water partition coefficient (Wildman–Crippen LogP) is 1.92. The molecule has 7 heteroatoms. The molecule has 4 heterocycles. The van der Waals surface area contributed by atoms with Crippen LogP contribution in [-0.4, -0.2) is 47.0 Å². The number of ether oxygens (including phenoxy) is 1. The predicted molar refractivity (Wildman–Crippen MR) is 96.8 cm³/mol. The SMILES string of the molecule is Cc1ccc(C(=O)N2C[C@H](C(=O)NCc3ccccn3)C[C@H]3OCC[C@H]32)o1. The van der Waals surface area contributed by atoms with Gasteiger partial charge in [0.2, 0.25) is 5.91 Å². The normalized spacial score (nSPS) is 24.5. The van der Waals surface area contributed by atoms with Crippen LogP contribution < -0.4 is 5.32 Å².